The molecule has 0 bridgehead atoms. The zero-order chi connectivity index (χ0) is 22.5. The Hall–Kier alpha value is -3.16. The fourth-order valence-corrected chi connectivity index (χ4v) is 4.38. The summed E-state index contributed by atoms with van der Waals surface area (Å²) in [5, 5.41) is 0. The molecule has 172 valence electrons. The molecule has 3 aromatic rings. The van der Waals surface area contributed by atoms with Crippen LogP contribution in [0.15, 0.2) is 48.5 Å². The molecule has 0 saturated carbocycles. The summed E-state index contributed by atoms with van der Waals surface area (Å²) in [6, 6.07) is 14.6. The number of carbonyl (C=O) groups excluding carboxylic acids is 1. The monoisotopic (exact) mass is 446 g/mol. The summed E-state index contributed by atoms with van der Waals surface area (Å²) in [7, 11) is 0. The van der Waals surface area contributed by atoms with E-state index < -0.39 is 0 Å². The minimum atomic E-state index is -0.347. The van der Waals surface area contributed by atoms with Crippen molar-refractivity contribution in [3.8, 4) is 0 Å². The highest BCUT2D eigenvalue weighted by Gasteiger charge is 2.15. The molecular formula is C26H30N4O3. The number of aromatic nitrogens is 2. The Kier molecular flexibility index (Phi) is 6.69. The average Bonchev–Trinajstić information content (AvgIpc) is 3.52. The molecule has 1 amide bonds. The SMILES string of the molecule is O=C(/C=C/c1ccc(Cc2nc3cc(N4CCCC4)ccc3[nH]2)cc1)NOC1CCCCO1. The van der Waals surface area contributed by atoms with Gasteiger partial charge in [0.2, 0.25) is 0 Å². The summed E-state index contributed by atoms with van der Waals surface area (Å²) >= 11 is 0. The van der Waals surface area contributed by atoms with Crippen LogP contribution in [-0.2, 0) is 20.8 Å². The molecule has 1 atom stereocenters. The van der Waals surface area contributed by atoms with E-state index >= 15 is 0 Å². The summed E-state index contributed by atoms with van der Waals surface area (Å²) in [5.74, 6) is 0.650. The smallest absolute Gasteiger partial charge is 0.267 e. The van der Waals surface area contributed by atoms with Crippen LogP contribution in [0.1, 0.15) is 49.1 Å². The predicted molar refractivity (Wildman–Crippen MR) is 129 cm³/mol. The van der Waals surface area contributed by atoms with Crippen LogP contribution in [0.3, 0.4) is 0 Å². The maximum atomic E-state index is 12.0. The highest BCUT2D eigenvalue weighted by molar-refractivity contribution is 5.90. The molecule has 3 heterocycles. The normalized spacial score (nSPS) is 18.9. The number of fused-ring (bicyclic) bond motifs is 1. The third-order valence-corrected chi connectivity index (χ3v) is 6.19. The predicted octanol–water partition coefficient (Wildman–Crippen LogP) is 4.34. The summed E-state index contributed by atoms with van der Waals surface area (Å²) in [6.45, 7) is 2.94. The first-order chi connectivity index (χ1) is 16.2. The Balaban J connectivity index is 1.16. The van der Waals surface area contributed by atoms with Crippen LogP contribution in [0, 0.1) is 0 Å². The molecule has 2 saturated heterocycles. The molecule has 0 spiro atoms. The van der Waals surface area contributed by atoms with E-state index in [-0.39, 0.29) is 12.2 Å². The van der Waals surface area contributed by atoms with Crippen LogP contribution in [0.5, 0.6) is 0 Å². The number of nitrogens with zero attached hydrogens (tertiary/aromatic N) is 2. The van der Waals surface area contributed by atoms with Gasteiger partial charge in [0.15, 0.2) is 6.29 Å². The number of hydrogen-bond donors (Lipinski definition) is 2. The lowest BCUT2D eigenvalue weighted by Crippen LogP contribution is -2.32. The molecule has 7 heteroatoms. The highest BCUT2D eigenvalue weighted by atomic mass is 16.8. The Bertz CT molecular complexity index is 1110. The van der Waals surface area contributed by atoms with Gasteiger partial charge >= 0.3 is 0 Å². The maximum Gasteiger partial charge on any atom is 0.267 e. The van der Waals surface area contributed by atoms with Crippen LogP contribution in [0.25, 0.3) is 17.1 Å². The summed E-state index contributed by atoms with van der Waals surface area (Å²) in [6.07, 6.45) is 9.05. The van der Waals surface area contributed by atoms with Crippen molar-refractivity contribution >= 4 is 28.7 Å². The van der Waals surface area contributed by atoms with Crippen LogP contribution in [0.4, 0.5) is 5.69 Å². The lowest BCUT2D eigenvalue weighted by atomic mass is 10.1. The third kappa shape index (κ3) is 5.61. The molecule has 5 rings (SSSR count). The molecule has 7 nitrogen and oxygen atoms in total. The Morgan fingerprint density at radius 2 is 2.00 bits per heavy atom. The van der Waals surface area contributed by atoms with Gasteiger partial charge in [0.1, 0.15) is 5.82 Å². The number of hydroxylamine groups is 1. The third-order valence-electron chi connectivity index (χ3n) is 6.19. The van der Waals surface area contributed by atoms with Gasteiger partial charge < -0.3 is 14.6 Å². The van der Waals surface area contributed by atoms with E-state index in [9.17, 15) is 4.79 Å². The lowest BCUT2D eigenvalue weighted by Gasteiger charge is -2.21. The number of anilines is 1. The Morgan fingerprint density at radius 1 is 1.15 bits per heavy atom. The van der Waals surface area contributed by atoms with Crippen LogP contribution >= 0.6 is 0 Å². The number of aromatic amines is 1. The molecule has 2 N–H and O–H groups in total. The van der Waals surface area contributed by atoms with Crippen LogP contribution < -0.4 is 10.4 Å². The fraction of sp³-hybridized carbons (Fsp3) is 0.385. The second kappa shape index (κ2) is 10.2. The Labute approximate surface area is 193 Å². The molecule has 2 aliphatic heterocycles. The molecule has 2 aliphatic rings. The minimum absolute atomic E-state index is 0.302. The maximum absolute atomic E-state index is 12.0. The molecule has 0 aliphatic carbocycles. The van der Waals surface area contributed by atoms with Gasteiger partial charge in [-0.05, 0) is 61.1 Å². The quantitative estimate of drug-likeness (QED) is 0.417. The van der Waals surface area contributed by atoms with Crippen molar-refractivity contribution in [3.63, 3.8) is 0 Å². The molecule has 1 aromatic heterocycles. The van der Waals surface area contributed by atoms with E-state index in [4.69, 9.17) is 14.6 Å². The molecule has 33 heavy (non-hydrogen) atoms. The number of ether oxygens (including phenoxy) is 1. The van der Waals surface area contributed by atoms with Crippen LogP contribution in [0.2, 0.25) is 0 Å². The number of hydrogen-bond acceptors (Lipinski definition) is 5. The number of nitrogens with one attached hydrogen (secondary N) is 2. The summed E-state index contributed by atoms with van der Waals surface area (Å²) < 4.78 is 5.43. The van der Waals surface area contributed by atoms with Crippen molar-refractivity contribution in [1.29, 1.82) is 0 Å². The van der Waals surface area contributed by atoms with Gasteiger partial charge in [-0.1, -0.05) is 24.3 Å². The van der Waals surface area contributed by atoms with E-state index in [1.165, 1.54) is 24.6 Å². The zero-order valence-electron chi connectivity index (χ0n) is 18.8. The molecule has 2 fully saturated rings. The van der Waals surface area contributed by atoms with Gasteiger partial charge in [-0.25, -0.2) is 15.3 Å². The zero-order valence-corrected chi connectivity index (χ0v) is 18.8. The first kappa shape index (κ1) is 21.7. The van der Waals surface area contributed by atoms with Gasteiger partial charge in [0.05, 0.1) is 11.0 Å². The van der Waals surface area contributed by atoms with Crippen molar-refractivity contribution in [2.24, 2.45) is 0 Å². The van der Waals surface area contributed by atoms with Crippen LogP contribution in [-0.4, -0.2) is 41.9 Å². The van der Waals surface area contributed by atoms with Crippen molar-refractivity contribution in [3.05, 3.63) is 65.5 Å². The fourth-order valence-electron chi connectivity index (χ4n) is 4.38. The van der Waals surface area contributed by atoms with E-state index in [0.29, 0.717) is 6.61 Å². The summed E-state index contributed by atoms with van der Waals surface area (Å²) in [4.78, 5) is 27.9. The van der Waals surface area contributed by atoms with Gasteiger partial charge in [-0.15, -0.1) is 0 Å². The average molecular weight is 447 g/mol. The van der Waals surface area contributed by atoms with Crippen molar-refractivity contribution in [2.75, 3.05) is 24.6 Å². The summed E-state index contributed by atoms with van der Waals surface area (Å²) in [5.41, 5.74) is 7.88. The van der Waals surface area contributed by atoms with Crippen molar-refractivity contribution < 1.29 is 14.4 Å². The first-order valence-electron chi connectivity index (χ1n) is 11.8. The van der Waals surface area contributed by atoms with Gasteiger partial charge in [-0.2, -0.15) is 0 Å². The first-order valence-corrected chi connectivity index (χ1v) is 11.8. The second-order valence-corrected chi connectivity index (χ2v) is 8.71. The number of carbonyl (C=O) groups is 1. The number of rotatable bonds is 7. The minimum Gasteiger partial charge on any atom is -0.371 e. The molecule has 1 unspecified atom stereocenters. The molecule has 2 aromatic carbocycles. The standard InChI is InChI=1S/C26H30N4O3/c31-25(29-33-26-5-1-4-16-32-26)13-10-19-6-8-20(9-7-19)17-24-27-22-12-11-21(18-23(22)28-24)30-14-2-3-15-30/h6-13,18,26H,1-5,14-17H2,(H,27,28)(H,29,31)/b13-10+. The lowest BCUT2D eigenvalue weighted by molar-refractivity contribution is -0.198. The molecular weight excluding hydrogens is 416 g/mol. The van der Waals surface area contributed by atoms with E-state index in [1.807, 2.05) is 12.1 Å². The van der Waals surface area contributed by atoms with E-state index in [0.717, 1.165) is 66.8 Å². The molecule has 0 radical (unpaired) electrons. The van der Waals surface area contributed by atoms with Crippen molar-refractivity contribution in [2.45, 2.75) is 44.8 Å². The van der Waals surface area contributed by atoms with Gasteiger partial charge in [-0.3, -0.25) is 4.79 Å². The number of amides is 1. The van der Waals surface area contributed by atoms with E-state index in [1.54, 1.807) is 6.08 Å². The van der Waals surface area contributed by atoms with Gasteiger partial charge in [0.25, 0.3) is 5.91 Å². The largest absolute Gasteiger partial charge is 0.371 e. The Morgan fingerprint density at radius 3 is 2.79 bits per heavy atom. The topological polar surface area (TPSA) is 79.5 Å². The number of benzene rings is 2. The number of H-pyrrole nitrogens is 1. The number of imidazole rings is 1. The highest BCUT2D eigenvalue weighted by Crippen LogP contribution is 2.24. The van der Waals surface area contributed by atoms with Crippen molar-refractivity contribution in [1.82, 2.24) is 15.4 Å². The van der Waals surface area contributed by atoms with Gasteiger partial charge in [0, 0.05) is 44.3 Å². The van der Waals surface area contributed by atoms with E-state index in [2.05, 4.69) is 45.7 Å². The second-order valence-electron chi connectivity index (χ2n) is 8.71.